The number of nitrogens with zero attached hydrogens (tertiary/aromatic N) is 4. The van der Waals surface area contributed by atoms with Crippen LogP contribution in [0.2, 0.25) is 0 Å². The van der Waals surface area contributed by atoms with E-state index in [0.29, 0.717) is 17.8 Å². The summed E-state index contributed by atoms with van der Waals surface area (Å²) >= 11 is 0. The number of hydrogen-bond donors (Lipinski definition) is 2. The normalized spacial score (nSPS) is 11.0. The van der Waals surface area contributed by atoms with Crippen molar-refractivity contribution < 1.29 is 9.59 Å². The molecular weight excluding hydrogens is 344 g/mol. The van der Waals surface area contributed by atoms with Gasteiger partial charge in [0.05, 0.1) is 23.8 Å². The topological polar surface area (TPSA) is 109 Å². The molecule has 0 spiro atoms. The molecule has 27 heavy (non-hydrogen) atoms. The second-order valence-corrected chi connectivity index (χ2v) is 5.85. The second kappa shape index (κ2) is 10.5. The van der Waals surface area contributed by atoms with E-state index in [1.54, 1.807) is 12.1 Å². The van der Waals surface area contributed by atoms with Gasteiger partial charge in [-0.1, -0.05) is 12.1 Å². The zero-order chi connectivity index (χ0) is 19.5. The van der Waals surface area contributed by atoms with Gasteiger partial charge in [0.1, 0.15) is 0 Å². The molecule has 2 rings (SSSR count). The Morgan fingerprint density at radius 1 is 0.852 bits per heavy atom. The van der Waals surface area contributed by atoms with Crippen LogP contribution in [-0.4, -0.2) is 34.2 Å². The number of hydrogen-bond acceptors (Lipinski definition) is 6. The molecule has 0 unspecified atom stereocenters. The Morgan fingerprint density at radius 2 is 1.30 bits per heavy atom. The Bertz CT molecular complexity index is 778. The fourth-order valence-corrected chi connectivity index (χ4v) is 2.13. The van der Waals surface area contributed by atoms with Gasteiger partial charge in [-0.15, -0.1) is 0 Å². The molecule has 0 aliphatic heterocycles. The Labute approximate surface area is 157 Å². The molecule has 0 aliphatic rings. The van der Waals surface area contributed by atoms with Gasteiger partial charge in [-0.2, -0.15) is 10.2 Å². The lowest BCUT2D eigenvalue weighted by Crippen LogP contribution is -2.20. The van der Waals surface area contributed by atoms with Crippen LogP contribution in [0.15, 0.2) is 46.6 Å². The molecule has 2 aromatic heterocycles. The lowest BCUT2D eigenvalue weighted by atomic mass is 10.2. The Morgan fingerprint density at radius 3 is 1.70 bits per heavy atom. The molecule has 140 valence electrons. The Kier molecular flexibility index (Phi) is 7.77. The molecule has 2 N–H and O–H groups in total. The van der Waals surface area contributed by atoms with Crippen LogP contribution in [0.3, 0.4) is 0 Å². The highest BCUT2D eigenvalue weighted by Gasteiger charge is 2.04. The van der Waals surface area contributed by atoms with Crippen LogP contribution >= 0.6 is 0 Å². The second-order valence-electron chi connectivity index (χ2n) is 5.85. The zero-order valence-corrected chi connectivity index (χ0v) is 15.3. The quantitative estimate of drug-likeness (QED) is 0.549. The molecule has 0 fully saturated rings. The van der Waals surface area contributed by atoms with Crippen LogP contribution in [0, 0.1) is 13.8 Å². The smallest absolute Gasteiger partial charge is 0.240 e. The van der Waals surface area contributed by atoms with Crippen molar-refractivity contribution >= 4 is 24.2 Å². The van der Waals surface area contributed by atoms with Crippen LogP contribution in [0.25, 0.3) is 0 Å². The number of hydrazone groups is 2. The van der Waals surface area contributed by atoms with Crippen molar-refractivity contribution in [1.29, 1.82) is 0 Å². The number of carbonyl (C=O) groups is 2. The van der Waals surface area contributed by atoms with E-state index in [1.165, 1.54) is 12.4 Å². The van der Waals surface area contributed by atoms with Crippen LogP contribution in [0.4, 0.5) is 0 Å². The van der Waals surface area contributed by atoms with E-state index in [2.05, 4.69) is 31.0 Å². The van der Waals surface area contributed by atoms with E-state index in [4.69, 9.17) is 0 Å². The summed E-state index contributed by atoms with van der Waals surface area (Å²) in [5.41, 5.74) is 7.90. The van der Waals surface area contributed by atoms with Gasteiger partial charge in [0.25, 0.3) is 0 Å². The minimum atomic E-state index is -0.265. The molecule has 2 heterocycles. The molecule has 0 aliphatic carbocycles. The van der Waals surface area contributed by atoms with Gasteiger partial charge in [0.15, 0.2) is 0 Å². The maximum absolute atomic E-state index is 11.7. The number of aryl methyl sites for hydroxylation is 2. The van der Waals surface area contributed by atoms with E-state index in [1.807, 2.05) is 38.1 Å². The predicted molar refractivity (Wildman–Crippen MR) is 103 cm³/mol. The fraction of sp³-hybridized carbons (Fsp3) is 0.263. The number of rotatable bonds is 8. The minimum absolute atomic E-state index is 0.190. The van der Waals surface area contributed by atoms with Crippen LogP contribution < -0.4 is 10.9 Å². The van der Waals surface area contributed by atoms with Crippen molar-refractivity contribution in [3.63, 3.8) is 0 Å². The predicted octanol–water partition coefficient (Wildman–Crippen LogP) is 1.86. The molecule has 2 amide bonds. The summed E-state index contributed by atoms with van der Waals surface area (Å²) in [4.78, 5) is 31.9. The highest BCUT2D eigenvalue weighted by molar-refractivity contribution is 5.82. The Hall–Kier alpha value is -3.42. The third-order valence-electron chi connectivity index (χ3n) is 3.40. The fourth-order valence-electron chi connectivity index (χ4n) is 2.13. The van der Waals surface area contributed by atoms with E-state index in [-0.39, 0.29) is 24.7 Å². The summed E-state index contributed by atoms with van der Waals surface area (Å²) in [5, 5.41) is 7.71. The highest BCUT2D eigenvalue weighted by atomic mass is 16.2. The van der Waals surface area contributed by atoms with Crippen molar-refractivity contribution in [3.05, 3.63) is 59.2 Å². The van der Waals surface area contributed by atoms with Crippen molar-refractivity contribution in [2.24, 2.45) is 10.2 Å². The van der Waals surface area contributed by atoms with Gasteiger partial charge >= 0.3 is 0 Å². The van der Waals surface area contributed by atoms with Gasteiger partial charge in [-0.05, 0) is 44.5 Å². The molecule has 8 nitrogen and oxygen atoms in total. The number of pyridine rings is 2. The van der Waals surface area contributed by atoms with Crippen molar-refractivity contribution in [3.8, 4) is 0 Å². The highest BCUT2D eigenvalue weighted by Crippen LogP contribution is 1.97. The van der Waals surface area contributed by atoms with Crippen molar-refractivity contribution in [2.45, 2.75) is 33.1 Å². The summed E-state index contributed by atoms with van der Waals surface area (Å²) < 4.78 is 0. The third-order valence-corrected chi connectivity index (χ3v) is 3.40. The summed E-state index contributed by atoms with van der Waals surface area (Å²) in [6, 6.07) is 11.1. The van der Waals surface area contributed by atoms with Crippen molar-refractivity contribution in [1.82, 2.24) is 20.8 Å². The van der Waals surface area contributed by atoms with Crippen LogP contribution in [-0.2, 0) is 9.59 Å². The first-order chi connectivity index (χ1) is 13.0. The molecule has 0 bridgehead atoms. The van der Waals surface area contributed by atoms with Crippen LogP contribution in [0.5, 0.6) is 0 Å². The van der Waals surface area contributed by atoms with E-state index < -0.39 is 0 Å². The summed E-state index contributed by atoms with van der Waals surface area (Å²) in [7, 11) is 0. The average molecular weight is 366 g/mol. The lowest BCUT2D eigenvalue weighted by Gasteiger charge is -2.01. The summed E-state index contributed by atoms with van der Waals surface area (Å²) in [5.74, 6) is -0.529. The molecule has 0 radical (unpaired) electrons. The monoisotopic (exact) mass is 366 g/mol. The first-order valence-electron chi connectivity index (χ1n) is 8.54. The van der Waals surface area contributed by atoms with Gasteiger partial charge < -0.3 is 0 Å². The number of carbonyl (C=O) groups excluding carboxylic acids is 2. The van der Waals surface area contributed by atoms with Gasteiger partial charge in [-0.25, -0.2) is 10.9 Å². The van der Waals surface area contributed by atoms with Crippen molar-refractivity contribution in [2.75, 3.05) is 0 Å². The minimum Gasteiger partial charge on any atom is -0.273 e. The number of aromatic nitrogens is 2. The summed E-state index contributed by atoms with van der Waals surface area (Å²) in [6.07, 6.45) is 3.73. The third kappa shape index (κ3) is 8.00. The molecule has 8 heteroatoms. The number of amides is 2. The Balaban J connectivity index is 1.63. The molecule has 0 saturated carbocycles. The number of nitrogens with one attached hydrogen (secondary N) is 2. The standard InChI is InChI=1S/C19H22N6O2/c1-14-6-3-8-16(22-14)12-20-24-18(26)10-5-11-19(27)25-21-13-17-9-4-7-15(2)23-17/h3-4,6-9,12-13H,5,10-11H2,1-2H3,(H,24,26)(H,25,27)/b20-12-,21-13+. The van der Waals surface area contributed by atoms with Gasteiger partial charge in [0.2, 0.25) is 11.8 Å². The maximum atomic E-state index is 11.7. The first-order valence-corrected chi connectivity index (χ1v) is 8.54. The van der Waals surface area contributed by atoms with E-state index in [0.717, 1.165) is 11.4 Å². The first kappa shape index (κ1) is 19.9. The molecule has 0 atom stereocenters. The molecule has 0 aromatic carbocycles. The maximum Gasteiger partial charge on any atom is 0.240 e. The lowest BCUT2D eigenvalue weighted by molar-refractivity contribution is -0.122. The van der Waals surface area contributed by atoms with Gasteiger partial charge in [0, 0.05) is 24.2 Å². The average Bonchev–Trinajstić information content (AvgIpc) is 2.62. The zero-order valence-electron chi connectivity index (χ0n) is 15.3. The summed E-state index contributed by atoms with van der Waals surface area (Å²) in [6.45, 7) is 3.75. The largest absolute Gasteiger partial charge is 0.273 e. The van der Waals surface area contributed by atoms with E-state index in [9.17, 15) is 9.59 Å². The molecular formula is C19H22N6O2. The van der Waals surface area contributed by atoms with Gasteiger partial charge in [-0.3, -0.25) is 19.6 Å². The van der Waals surface area contributed by atoms with E-state index >= 15 is 0 Å². The SMILES string of the molecule is Cc1cccc(/C=N\NC(=O)CCCC(=O)N/N=C/c2cccc(C)n2)n1. The van der Waals surface area contributed by atoms with Crippen LogP contribution in [0.1, 0.15) is 42.0 Å². The molecule has 0 saturated heterocycles. The molecule has 2 aromatic rings.